The Morgan fingerprint density at radius 1 is 1.15 bits per heavy atom. The van der Waals surface area contributed by atoms with Gasteiger partial charge in [-0.15, -0.1) is 0 Å². The average molecular weight is 280 g/mol. The SMILES string of the molecule is C/C=C(\OC)c1ccc2cccc(-c3ccsc3)c2c1. The molecule has 0 radical (unpaired) electrons. The van der Waals surface area contributed by atoms with Crippen LogP contribution < -0.4 is 0 Å². The van der Waals surface area contributed by atoms with E-state index in [9.17, 15) is 0 Å². The summed E-state index contributed by atoms with van der Waals surface area (Å²) in [6, 6.07) is 15.1. The minimum atomic E-state index is 0.909. The summed E-state index contributed by atoms with van der Waals surface area (Å²) in [6.45, 7) is 1.99. The van der Waals surface area contributed by atoms with Crippen molar-refractivity contribution in [3.63, 3.8) is 0 Å². The third kappa shape index (κ3) is 2.23. The molecule has 0 aliphatic heterocycles. The molecule has 3 aromatic rings. The Bertz CT molecular complexity index is 754. The third-order valence-electron chi connectivity index (χ3n) is 3.48. The first-order valence-corrected chi connectivity index (χ1v) is 7.54. The number of fused-ring (bicyclic) bond motifs is 1. The molecule has 0 amide bonds. The van der Waals surface area contributed by atoms with E-state index in [0.717, 1.165) is 11.3 Å². The highest BCUT2D eigenvalue weighted by molar-refractivity contribution is 7.08. The molecule has 2 aromatic carbocycles. The van der Waals surface area contributed by atoms with Crippen molar-refractivity contribution in [3.8, 4) is 11.1 Å². The van der Waals surface area contributed by atoms with Crippen LogP contribution in [0.5, 0.6) is 0 Å². The molecular weight excluding hydrogens is 264 g/mol. The van der Waals surface area contributed by atoms with Crippen molar-refractivity contribution >= 4 is 27.9 Å². The lowest BCUT2D eigenvalue weighted by atomic mass is 9.98. The number of rotatable bonds is 3. The summed E-state index contributed by atoms with van der Waals surface area (Å²) >= 11 is 1.73. The van der Waals surface area contributed by atoms with Crippen LogP contribution in [0.3, 0.4) is 0 Å². The summed E-state index contributed by atoms with van der Waals surface area (Å²) < 4.78 is 5.43. The van der Waals surface area contributed by atoms with E-state index in [1.165, 1.54) is 21.9 Å². The monoisotopic (exact) mass is 280 g/mol. The van der Waals surface area contributed by atoms with Crippen LogP contribution in [0, 0.1) is 0 Å². The Hall–Kier alpha value is -2.06. The summed E-state index contributed by atoms with van der Waals surface area (Å²) in [5.74, 6) is 0.909. The zero-order valence-corrected chi connectivity index (χ0v) is 12.4. The molecule has 1 aromatic heterocycles. The van der Waals surface area contributed by atoms with E-state index in [1.54, 1.807) is 18.4 Å². The van der Waals surface area contributed by atoms with E-state index >= 15 is 0 Å². The predicted molar refractivity (Wildman–Crippen MR) is 87.9 cm³/mol. The maximum Gasteiger partial charge on any atom is 0.121 e. The summed E-state index contributed by atoms with van der Waals surface area (Å²) in [7, 11) is 1.71. The van der Waals surface area contributed by atoms with Crippen LogP contribution in [0.2, 0.25) is 0 Å². The van der Waals surface area contributed by atoms with E-state index in [0.29, 0.717) is 0 Å². The molecule has 0 N–H and O–H groups in total. The Morgan fingerprint density at radius 3 is 2.75 bits per heavy atom. The van der Waals surface area contributed by atoms with Crippen LogP contribution in [0.1, 0.15) is 12.5 Å². The number of allylic oxidation sites excluding steroid dienone is 1. The normalized spacial score (nSPS) is 11.8. The fraction of sp³-hybridized carbons (Fsp3) is 0.111. The van der Waals surface area contributed by atoms with Crippen molar-refractivity contribution < 1.29 is 4.74 Å². The van der Waals surface area contributed by atoms with Crippen molar-refractivity contribution in [2.45, 2.75) is 6.92 Å². The maximum atomic E-state index is 5.43. The molecule has 0 unspecified atom stereocenters. The van der Waals surface area contributed by atoms with Crippen molar-refractivity contribution in [1.29, 1.82) is 0 Å². The molecule has 0 aliphatic carbocycles. The molecule has 0 aliphatic rings. The van der Waals surface area contributed by atoms with Crippen molar-refractivity contribution in [2.24, 2.45) is 0 Å². The zero-order chi connectivity index (χ0) is 13.9. The molecule has 3 rings (SSSR count). The number of methoxy groups -OCH3 is 1. The molecule has 0 spiro atoms. The lowest BCUT2D eigenvalue weighted by molar-refractivity contribution is 0.369. The average Bonchev–Trinajstić information content (AvgIpc) is 3.02. The molecule has 0 fully saturated rings. The maximum absolute atomic E-state index is 5.43. The van der Waals surface area contributed by atoms with Crippen LogP contribution in [0.25, 0.3) is 27.7 Å². The van der Waals surface area contributed by atoms with Crippen molar-refractivity contribution in [3.05, 3.63) is 64.9 Å². The first-order valence-electron chi connectivity index (χ1n) is 6.59. The first-order chi connectivity index (χ1) is 9.83. The Balaban J connectivity index is 2.24. The second kappa shape index (κ2) is 5.51. The van der Waals surface area contributed by atoms with Gasteiger partial charge in [-0.25, -0.2) is 0 Å². The van der Waals surface area contributed by atoms with Gasteiger partial charge in [0.25, 0.3) is 0 Å². The molecular formula is C18H16OS. The van der Waals surface area contributed by atoms with E-state index in [1.807, 2.05) is 13.0 Å². The van der Waals surface area contributed by atoms with Crippen LogP contribution >= 0.6 is 11.3 Å². The fourth-order valence-corrected chi connectivity index (χ4v) is 3.15. The quantitative estimate of drug-likeness (QED) is 0.569. The summed E-state index contributed by atoms with van der Waals surface area (Å²) in [4.78, 5) is 0. The highest BCUT2D eigenvalue weighted by atomic mass is 32.1. The van der Waals surface area contributed by atoms with Gasteiger partial charge in [0, 0.05) is 5.56 Å². The third-order valence-corrected chi connectivity index (χ3v) is 4.16. The molecule has 1 heterocycles. The number of thiophene rings is 1. The zero-order valence-electron chi connectivity index (χ0n) is 11.6. The highest BCUT2D eigenvalue weighted by Crippen LogP contribution is 2.32. The number of hydrogen-bond acceptors (Lipinski definition) is 2. The van der Waals surface area contributed by atoms with Gasteiger partial charge in [-0.3, -0.25) is 0 Å². The second-order valence-electron chi connectivity index (χ2n) is 4.61. The Labute approximate surface area is 123 Å². The predicted octanol–water partition coefficient (Wildman–Crippen LogP) is 5.58. The summed E-state index contributed by atoms with van der Waals surface area (Å²) in [6.07, 6.45) is 1.99. The highest BCUT2D eigenvalue weighted by Gasteiger charge is 2.07. The second-order valence-corrected chi connectivity index (χ2v) is 5.39. The standard InChI is InChI=1S/C18H16OS/c1-3-18(19-2)14-8-7-13-5-4-6-16(17(13)11-14)15-9-10-20-12-15/h3-12H,1-2H3/b18-3-. The van der Waals surface area contributed by atoms with Gasteiger partial charge >= 0.3 is 0 Å². The van der Waals surface area contributed by atoms with Gasteiger partial charge in [0.05, 0.1) is 7.11 Å². The van der Waals surface area contributed by atoms with Gasteiger partial charge in [0.2, 0.25) is 0 Å². The molecule has 0 saturated carbocycles. The summed E-state index contributed by atoms with van der Waals surface area (Å²) in [5.41, 5.74) is 3.67. The van der Waals surface area contributed by atoms with E-state index < -0.39 is 0 Å². The van der Waals surface area contributed by atoms with E-state index in [4.69, 9.17) is 4.74 Å². The molecule has 0 saturated heterocycles. The van der Waals surface area contributed by atoms with Crippen LogP contribution in [-0.2, 0) is 4.74 Å². The Kier molecular flexibility index (Phi) is 3.57. The van der Waals surface area contributed by atoms with Gasteiger partial charge in [0.15, 0.2) is 0 Å². The molecule has 0 atom stereocenters. The first kappa shape index (κ1) is 12.9. The van der Waals surface area contributed by atoms with Crippen LogP contribution in [0.4, 0.5) is 0 Å². The molecule has 100 valence electrons. The molecule has 2 heteroatoms. The minimum absolute atomic E-state index is 0.909. The molecule has 20 heavy (non-hydrogen) atoms. The van der Waals surface area contributed by atoms with Gasteiger partial charge in [-0.1, -0.05) is 30.3 Å². The fourth-order valence-electron chi connectivity index (χ4n) is 2.50. The lowest BCUT2D eigenvalue weighted by Gasteiger charge is -2.10. The topological polar surface area (TPSA) is 9.23 Å². The van der Waals surface area contributed by atoms with Gasteiger partial charge in [-0.2, -0.15) is 11.3 Å². The van der Waals surface area contributed by atoms with E-state index in [2.05, 4.69) is 53.2 Å². The van der Waals surface area contributed by atoms with Gasteiger partial charge in [0.1, 0.15) is 5.76 Å². The smallest absolute Gasteiger partial charge is 0.121 e. The largest absolute Gasteiger partial charge is 0.496 e. The molecule has 0 bridgehead atoms. The van der Waals surface area contributed by atoms with Crippen molar-refractivity contribution in [1.82, 2.24) is 0 Å². The number of benzene rings is 2. The summed E-state index contributed by atoms with van der Waals surface area (Å²) in [5, 5.41) is 6.82. The van der Waals surface area contributed by atoms with Crippen LogP contribution in [-0.4, -0.2) is 7.11 Å². The lowest BCUT2D eigenvalue weighted by Crippen LogP contribution is -1.88. The van der Waals surface area contributed by atoms with Gasteiger partial charge in [-0.05, 0) is 57.8 Å². The number of hydrogen-bond donors (Lipinski definition) is 0. The molecule has 1 nitrogen and oxygen atoms in total. The van der Waals surface area contributed by atoms with Crippen molar-refractivity contribution in [2.75, 3.05) is 7.11 Å². The number of ether oxygens (including phenoxy) is 1. The van der Waals surface area contributed by atoms with Crippen LogP contribution in [0.15, 0.2) is 59.3 Å². The minimum Gasteiger partial charge on any atom is -0.496 e. The Morgan fingerprint density at radius 2 is 2.05 bits per heavy atom. The van der Waals surface area contributed by atoms with E-state index in [-0.39, 0.29) is 0 Å². The van der Waals surface area contributed by atoms with Gasteiger partial charge < -0.3 is 4.74 Å².